The SMILES string of the molecule is CC#CCNC(=O)c1n[nH]c2ccccc12. The van der Waals surface area contributed by atoms with Gasteiger partial charge >= 0.3 is 0 Å². The fourth-order valence-electron chi connectivity index (χ4n) is 1.43. The molecule has 0 aliphatic carbocycles. The van der Waals surface area contributed by atoms with Crippen LogP contribution in [0.3, 0.4) is 0 Å². The number of para-hydroxylation sites is 1. The third-order valence-electron chi connectivity index (χ3n) is 2.20. The number of hydrogen-bond donors (Lipinski definition) is 2. The van der Waals surface area contributed by atoms with Crippen molar-refractivity contribution in [3.05, 3.63) is 30.0 Å². The number of fused-ring (bicyclic) bond motifs is 1. The molecule has 0 atom stereocenters. The molecule has 1 amide bonds. The summed E-state index contributed by atoms with van der Waals surface area (Å²) >= 11 is 0. The van der Waals surface area contributed by atoms with Crippen LogP contribution < -0.4 is 5.32 Å². The number of nitrogens with one attached hydrogen (secondary N) is 2. The molecule has 4 nitrogen and oxygen atoms in total. The highest BCUT2D eigenvalue weighted by atomic mass is 16.1. The Labute approximate surface area is 93.0 Å². The van der Waals surface area contributed by atoms with Crippen LogP contribution in [0.2, 0.25) is 0 Å². The van der Waals surface area contributed by atoms with Crippen molar-refractivity contribution in [3.8, 4) is 11.8 Å². The second-order valence-electron chi connectivity index (χ2n) is 3.23. The summed E-state index contributed by atoms with van der Waals surface area (Å²) in [5.41, 5.74) is 1.27. The van der Waals surface area contributed by atoms with Crippen molar-refractivity contribution >= 4 is 16.8 Å². The van der Waals surface area contributed by atoms with Crippen LogP contribution in [-0.4, -0.2) is 22.6 Å². The maximum atomic E-state index is 11.7. The van der Waals surface area contributed by atoms with Crippen LogP contribution in [0.25, 0.3) is 10.9 Å². The Balaban J connectivity index is 2.25. The highest BCUT2D eigenvalue weighted by Gasteiger charge is 2.12. The Hall–Kier alpha value is -2.28. The lowest BCUT2D eigenvalue weighted by Crippen LogP contribution is -2.24. The smallest absolute Gasteiger partial charge is 0.273 e. The van der Waals surface area contributed by atoms with E-state index in [9.17, 15) is 4.79 Å². The Morgan fingerprint density at radius 2 is 2.31 bits per heavy atom. The third kappa shape index (κ3) is 1.89. The number of rotatable bonds is 2. The summed E-state index contributed by atoms with van der Waals surface area (Å²) in [4.78, 5) is 11.7. The van der Waals surface area contributed by atoms with Crippen molar-refractivity contribution in [2.75, 3.05) is 6.54 Å². The van der Waals surface area contributed by atoms with Gasteiger partial charge in [-0.1, -0.05) is 24.1 Å². The van der Waals surface area contributed by atoms with Gasteiger partial charge < -0.3 is 5.32 Å². The minimum Gasteiger partial charge on any atom is -0.340 e. The number of hydrogen-bond acceptors (Lipinski definition) is 2. The van der Waals surface area contributed by atoms with Crippen LogP contribution in [0, 0.1) is 11.8 Å². The lowest BCUT2D eigenvalue weighted by Gasteiger charge is -1.97. The molecule has 0 unspecified atom stereocenters. The summed E-state index contributed by atoms with van der Waals surface area (Å²) in [6, 6.07) is 7.51. The van der Waals surface area contributed by atoms with E-state index in [0.717, 1.165) is 10.9 Å². The largest absolute Gasteiger partial charge is 0.340 e. The zero-order valence-corrected chi connectivity index (χ0v) is 8.87. The summed E-state index contributed by atoms with van der Waals surface area (Å²) in [6.45, 7) is 2.08. The monoisotopic (exact) mass is 213 g/mol. The maximum absolute atomic E-state index is 11.7. The molecule has 0 saturated carbocycles. The maximum Gasteiger partial charge on any atom is 0.273 e. The average Bonchev–Trinajstić information content (AvgIpc) is 2.73. The van der Waals surface area contributed by atoms with Crippen molar-refractivity contribution in [2.45, 2.75) is 6.92 Å². The Kier molecular flexibility index (Phi) is 2.88. The molecule has 2 N–H and O–H groups in total. The number of benzene rings is 1. The Morgan fingerprint density at radius 3 is 3.12 bits per heavy atom. The molecule has 0 aliphatic rings. The fraction of sp³-hybridized carbons (Fsp3) is 0.167. The van der Waals surface area contributed by atoms with E-state index in [2.05, 4.69) is 27.4 Å². The Bertz CT molecular complexity index is 574. The van der Waals surface area contributed by atoms with Gasteiger partial charge in [-0.2, -0.15) is 5.10 Å². The number of carbonyl (C=O) groups excluding carboxylic acids is 1. The van der Waals surface area contributed by atoms with Gasteiger partial charge in [0.05, 0.1) is 12.1 Å². The van der Waals surface area contributed by atoms with Crippen molar-refractivity contribution in [3.63, 3.8) is 0 Å². The number of amides is 1. The quantitative estimate of drug-likeness (QED) is 0.739. The molecular weight excluding hydrogens is 202 g/mol. The van der Waals surface area contributed by atoms with Crippen molar-refractivity contribution < 1.29 is 4.79 Å². The molecule has 0 fully saturated rings. The van der Waals surface area contributed by atoms with E-state index in [-0.39, 0.29) is 5.91 Å². The molecule has 2 aromatic rings. The molecule has 16 heavy (non-hydrogen) atoms. The minimum atomic E-state index is -0.208. The standard InChI is InChI=1S/C12H11N3O/c1-2-3-8-13-12(16)11-9-6-4-5-7-10(9)14-15-11/h4-7H,8H2,1H3,(H,13,16)(H,14,15). The molecule has 0 spiro atoms. The molecular formula is C12H11N3O. The van der Waals surface area contributed by atoms with Gasteiger partial charge in [-0.15, -0.1) is 5.92 Å². The number of carbonyl (C=O) groups is 1. The summed E-state index contributed by atoms with van der Waals surface area (Å²) in [5, 5.41) is 10.3. The zero-order valence-electron chi connectivity index (χ0n) is 8.87. The van der Waals surface area contributed by atoms with Gasteiger partial charge in [-0.3, -0.25) is 9.89 Å². The summed E-state index contributed by atoms with van der Waals surface area (Å²) in [7, 11) is 0. The first-order valence-corrected chi connectivity index (χ1v) is 4.94. The minimum absolute atomic E-state index is 0.208. The van der Waals surface area contributed by atoms with Crippen LogP contribution in [0.1, 0.15) is 17.4 Å². The predicted molar refractivity (Wildman–Crippen MR) is 61.9 cm³/mol. The van der Waals surface area contributed by atoms with Crippen LogP contribution in [0.4, 0.5) is 0 Å². The number of aromatic amines is 1. The first kappa shape index (κ1) is 10.2. The van der Waals surface area contributed by atoms with Gasteiger partial charge in [-0.25, -0.2) is 0 Å². The van der Waals surface area contributed by atoms with E-state index in [1.807, 2.05) is 24.3 Å². The molecule has 1 aromatic carbocycles. The number of H-pyrrole nitrogens is 1. The topological polar surface area (TPSA) is 57.8 Å². The van der Waals surface area contributed by atoms with E-state index in [1.165, 1.54) is 0 Å². The molecule has 1 aromatic heterocycles. The highest BCUT2D eigenvalue weighted by molar-refractivity contribution is 6.04. The van der Waals surface area contributed by atoms with Gasteiger partial charge in [0.15, 0.2) is 5.69 Å². The van der Waals surface area contributed by atoms with E-state index in [4.69, 9.17) is 0 Å². The van der Waals surface area contributed by atoms with Crippen LogP contribution in [-0.2, 0) is 0 Å². The lowest BCUT2D eigenvalue weighted by atomic mass is 10.2. The molecule has 80 valence electrons. The van der Waals surface area contributed by atoms with Crippen molar-refractivity contribution in [1.29, 1.82) is 0 Å². The fourth-order valence-corrected chi connectivity index (χ4v) is 1.43. The number of aromatic nitrogens is 2. The average molecular weight is 213 g/mol. The lowest BCUT2D eigenvalue weighted by molar-refractivity contribution is 0.0955. The second-order valence-corrected chi connectivity index (χ2v) is 3.23. The first-order valence-electron chi connectivity index (χ1n) is 4.94. The summed E-state index contributed by atoms with van der Waals surface area (Å²) in [6.07, 6.45) is 0. The van der Waals surface area contributed by atoms with Crippen molar-refractivity contribution in [1.82, 2.24) is 15.5 Å². The normalized spacial score (nSPS) is 9.56. The molecule has 0 aliphatic heterocycles. The van der Waals surface area contributed by atoms with E-state index in [1.54, 1.807) is 6.92 Å². The van der Waals surface area contributed by atoms with Gasteiger partial charge in [0.25, 0.3) is 5.91 Å². The van der Waals surface area contributed by atoms with Crippen LogP contribution in [0.15, 0.2) is 24.3 Å². The predicted octanol–water partition coefficient (Wildman–Crippen LogP) is 1.32. The van der Waals surface area contributed by atoms with Gasteiger partial charge in [0, 0.05) is 5.39 Å². The molecule has 1 heterocycles. The molecule has 0 saturated heterocycles. The van der Waals surface area contributed by atoms with E-state index < -0.39 is 0 Å². The van der Waals surface area contributed by atoms with Gasteiger partial charge in [0.2, 0.25) is 0 Å². The molecule has 0 radical (unpaired) electrons. The summed E-state index contributed by atoms with van der Waals surface area (Å²) in [5.74, 6) is 5.27. The van der Waals surface area contributed by atoms with Crippen LogP contribution in [0.5, 0.6) is 0 Å². The summed E-state index contributed by atoms with van der Waals surface area (Å²) < 4.78 is 0. The second kappa shape index (κ2) is 4.49. The molecule has 4 heteroatoms. The number of nitrogens with zero attached hydrogens (tertiary/aromatic N) is 1. The zero-order chi connectivity index (χ0) is 11.4. The van der Waals surface area contributed by atoms with Crippen LogP contribution >= 0.6 is 0 Å². The van der Waals surface area contributed by atoms with E-state index in [0.29, 0.717) is 12.2 Å². The highest BCUT2D eigenvalue weighted by Crippen LogP contribution is 2.14. The van der Waals surface area contributed by atoms with Gasteiger partial charge in [-0.05, 0) is 13.0 Å². The third-order valence-corrected chi connectivity index (χ3v) is 2.20. The van der Waals surface area contributed by atoms with E-state index >= 15 is 0 Å². The Morgan fingerprint density at radius 1 is 1.50 bits per heavy atom. The molecule has 2 rings (SSSR count). The van der Waals surface area contributed by atoms with Crippen molar-refractivity contribution in [2.24, 2.45) is 0 Å². The molecule has 0 bridgehead atoms. The first-order chi connectivity index (χ1) is 7.83. The van der Waals surface area contributed by atoms with Gasteiger partial charge in [0.1, 0.15) is 0 Å².